The molecule has 2 fully saturated rings. The summed E-state index contributed by atoms with van der Waals surface area (Å²) in [6.45, 7) is 16.2. The van der Waals surface area contributed by atoms with E-state index in [9.17, 15) is 142 Å². The zero-order valence-corrected chi connectivity index (χ0v) is 76.0. The number of ketones is 1. The Kier molecular flexibility index (Phi) is 60.1. The van der Waals surface area contributed by atoms with E-state index in [1.165, 1.54) is 25.5 Å². The number of aldehydes is 7. The lowest BCUT2D eigenvalue weighted by Crippen LogP contribution is -2.68. The SMILES string of the molecule is C=S(=O)(O)CC(=O)NCC(C)C=O.C=S(=O)(O)CCC(C(=O)NCC(C)C=O)S(=O)(=O)O.C=S(=O)(O)OCCC(=O)NCC(C)C=O.CC(C=O)CC(=O)CC1C(O)CC(C)(O)OC1C(O)C(O)CO.CC(C=O)CNC(=O)CP(C)(=O)O.CC(C=O)Cc1cn(CCS(=O)(=O)O)nn1.CCC(O)C(O)C1OC(O)(C(=O)NCC(C)C=O)CC(O)C1NC(C)=O.[HH]. The molecule has 0 radical (unpaired) electrons. The molecule has 0 saturated carbocycles. The van der Waals surface area contributed by atoms with Crippen LogP contribution in [0.1, 0.15) is 121 Å². The van der Waals surface area contributed by atoms with Crippen LogP contribution in [-0.4, -0.2) is 369 Å². The zero-order valence-electron chi connectivity index (χ0n) is 71.0. The standard InChI is InChI=1S/C16H28N2O8.C15H26O8.C9H17NO7S2.C8H13N3O4S.C8H15NO5S.C7H14NO4P.C7H13NO4S.H2/c1-4-10(21)13(23)14-12(18-9(3)20)11(22)5-16(25,26-14)15(24)17-6-8(2)7-19;1-8(6-16)3-9(18)4-10-11(19)5-15(2,22)23-14(10)13(21)12(20)7-17;1-7(6-11)5-10-9(12)8(19(15,16)17)3-4-18(2,13)14;1-7(6-12)4-8-5-11(10-9-8)2-3-16(13,14)15;1-7(6-10)5-9-8(11)3-4-14-15(2,12)13;2*1-6(4-9)3-8-7(10)5-13(2,11)12;/h7-8,10-14,21-23,25H,4-6H2,1-3H3,(H,17,24)(H,18,20);6,8,10-14,17,19-22H,3-5,7H2,1-2H3;6-8H,2-5H2,1H3,(H,10,12)(H,13,14)(H,15,16,17);5-7H,2-4H2,1H3,(H,13,14,15);6-7H,2-5H2,1H3,(H,9,11)(H,12,13);4,6H,3,5H2,1-2H3,(H,8,10)(H,11,12);4,6H,2-3,5H2,1H3,(H,8,10)(H,11,12);1H. The van der Waals surface area contributed by atoms with Gasteiger partial charge in [-0.2, -0.15) is 16.8 Å². The van der Waals surface area contributed by atoms with E-state index >= 15 is 0 Å². The number of aliphatic hydroxyl groups excluding tert-OH is 7. The lowest BCUT2D eigenvalue weighted by Gasteiger charge is -2.45. The van der Waals surface area contributed by atoms with Crippen LogP contribution in [0.5, 0.6) is 0 Å². The van der Waals surface area contributed by atoms with Crippen molar-refractivity contribution in [1.82, 2.24) is 46.9 Å². The Morgan fingerprint density at radius 2 is 1.10 bits per heavy atom. The number of carbonyl (C=O) groups is 14. The van der Waals surface area contributed by atoms with Gasteiger partial charge in [0, 0.05) is 145 Å². The van der Waals surface area contributed by atoms with E-state index in [1.807, 2.05) is 0 Å². The van der Waals surface area contributed by atoms with Gasteiger partial charge in [0.15, 0.2) is 21.1 Å². The van der Waals surface area contributed by atoms with Crippen LogP contribution in [-0.2, 0) is 148 Å². The molecule has 728 valence electrons. The fourth-order valence-electron chi connectivity index (χ4n) is 9.72. The number of hydrogen-bond acceptors (Lipinski definition) is 36. The first-order valence-corrected chi connectivity index (χ1v) is 48.6. The molecule has 3 rings (SSSR count). The van der Waals surface area contributed by atoms with Gasteiger partial charge in [-0.1, -0.05) is 60.6 Å². The van der Waals surface area contributed by atoms with E-state index in [0.29, 0.717) is 43.5 Å². The predicted molar refractivity (Wildman–Crippen MR) is 452 cm³/mol. The highest BCUT2D eigenvalue weighted by molar-refractivity contribution is 7.95. The topological polar surface area (TPSA) is 810 Å². The van der Waals surface area contributed by atoms with Crippen molar-refractivity contribution in [3.8, 4) is 0 Å². The summed E-state index contributed by atoms with van der Waals surface area (Å²) in [5.41, 5.74) is 0.620. The summed E-state index contributed by atoms with van der Waals surface area (Å²) in [7, 11) is -22.2. The first kappa shape index (κ1) is 124. The van der Waals surface area contributed by atoms with Crippen molar-refractivity contribution in [2.45, 2.75) is 199 Å². The minimum Gasteiger partial charge on any atom is -0.394 e. The highest BCUT2D eigenvalue weighted by Gasteiger charge is 2.54. The lowest BCUT2D eigenvalue weighted by atomic mass is 9.80. The van der Waals surface area contributed by atoms with Crippen LogP contribution in [0.25, 0.3) is 0 Å². The van der Waals surface area contributed by atoms with Crippen molar-refractivity contribution in [3.05, 3.63) is 11.9 Å². The summed E-state index contributed by atoms with van der Waals surface area (Å²) in [4.78, 5) is 161. The molecule has 3 heterocycles. The quantitative estimate of drug-likeness (QED) is 0.0125. The van der Waals surface area contributed by atoms with Gasteiger partial charge in [0.2, 0.25) is 42.7 Å². The molecular formula is C70H128N9O40PS5. The maximum Gasteiger partial charge on any atom is 0.280 e. The molecule has 21 N–H and O–H groups in total. The molecule has 2 aliphatic heterocycles. The van der Waals surface area contributed by atoms with Crippen molar-refractivity contribution >= 4 is 160 Å². The Labute approximate surface area is 727 Å². The van der Waals surface area contributed by atoms with Crippen molar-refractivity contribution in [2.75, 3.05) is 76.0 Å². The van der Waals surface area contributed by atoms with Crippen LogP contribution >= 0.6 is 7.37 Å². The first-order valence-electron chi connectivity index (χ1n) is 37.9. The third-order valence-corrected chi connectivity index (χ3v) is 21.3. The normalized spacial score (nSPS) is 23.2. The van der Waals surface area contributed by atoms with Gasteiger partial charge in [0.1, 0.15) is 86.1 Å². The van der Waals surface area contributed by atoms with Crippen LogP contribution in [0.2, 0.25) is 0 Å². The fraction of sp³-hybridized carbons (Fsp3) is 0.729. The minimum atomic E-state index is -4.71. The summed E-state index contributed by atoms with van der Waals surface area (Å²) in [6, 6.07) is -1.13. The maximum absolute atomic E-state index is 12.3. The number of aliphatic hydroxyl groups is 9. The van der Waals surface area contributed by atoms with E-state index in [0.717, 1.165) is 19.2 Å². The second-order valence-corrected chi connectivity index (χ2v) is 40.7. The van der Waals surface area contributed by atoms with E-state index in [2.05, 4.69) is 64.0 Å². The van der Waals surface area contributed by atoms with Gasteiger partial charge in [-0.05, 0) is 31.5 Å². The highest BCUT2D eigenvalue weighted by atomic mass is 32.2. The summed E-state index contributed by atoms with van der Waals surface area (Å²) < 4.78 is 146. The Bertz CT molecular complexity index is 4210. The fourth-order valence-corrected chi connectivity index (χ4v) is 13.2. The number of nitrogens with zero attached hydrogens (tertiary/aromatic N) is 3. The van der Waals surface area contributed by atoms with E-state index in [-0.39, 0.29) is 115 Å². The van der Waals surface area contributed by atoms with Gasteiger partial charge >= 0.3 is 0 Å². The van der Waals surface area contributed by atoms with E-state index in [4.69, 9.17) is 42.2 Å². The van der Waals surface area contributed by atoms with Crippen LogP contribution in [0.3, 0.4) is 0 Å². The van der Waals surface area contributed by atoms with Crippen molar-refractivity contribution in [2.24, 2.45) is 47.3 Å². The molecule has 0 aromatic carbocycles. The largest absolute Gasteiger partial charge is 0.394 e. The average Bonchev–Trinajstić information content (AvgIpc) is 0.901. The van der Waals surface area contributed by atoms with Crippen molar-refractivity contribution in [3.63, 3.8) is 0 Å². The molecule has 49 nitrogen and oxygen atoms in total. The number of hydrogen-bond donors (Lipinski definition) is 21. The molecule has 0 aliphatic carbocycles. The van der Waals surface area contributed by atoms with Crippen molar-refractivity contribution in [1.29, 1.82) is 0 Å². The number of amides is 6. The first-order chi connectivity index (χ1) is 57.1. The minimum absolute atomic E-state index is 0. The summed E-state index contributed by atoms with van der Waals surface area (Å²) in [5, 5.41) is 110. The second kappa shape index (κ2) is 60.6. The smallest absolute Gasteiger partial charge is 0.280 e. The Balaban J connectivity index is -0.000000458. The molecule has 0 bridgehead atoms. The molecule has 2 saturated heterocycles. The molecule has 125 heavy (non-hydrogen) atoms. The summed E-state index contributed by atoms with van der Waals surface area (Å²) in [5.74, 6) is -4.57. The summed E-state index contributed by atoms with van der Waals surface area (Å²) >= 11 is 0. The van der Waals surface area contributed by atoms with Crippen LogP contribution < -0.4 is 31.9 Å². The number of aryl methyl sites for hydroxylation is 1. The number of aromatic nitrogens is 3. The van der Waals surface area contributed by atoms with Crippen LogP contribution in [0.4, 0.5) is 0 Å². The molecule has 0 spiro atoms. The molecule has 6 amide bonds. The Hall–Kier alpha value is -7.21. The number of Topliss-reactive ketones (excluding diaryl/α,β-unsaturated/α-hetero) is 1. The third kappa shape index (κ3) is 61.8. The van der Waals surface area contributed by atoms with Gasteiger partial charge in [-0.3, -0.25) is 60.6 Å². The molecular weight excluding hydrogens is 1800 g/mol. The number of carbonyl (C=O) groups excluding carboxylic acids is 14. The highest BCUT2D eigenvalue weighted by Crippen LogP contribution is 2.37. The lowest BCUT2D eigenvalue weighted by molar-refractivity contribution is -0.303. The zero-order chi connectivity index (χ0) is 98.2. The van der Waals surface area contributed by atoms with Gasteiger partial charge in [0.25, 0.3) is 26.1 Å². The average molecular weight is 1930 g/mol. The maximum atomic E-state index is 12.3. The van der Waals surface area contributed by atoms with Crippen molar-refractivity contribution < 1.29 is 190 Å². The molecule has 24 atom stereocenters. The number of rotatable bonds is 47. The Morgan fingerprint density at radius 3 is 1.52 bits per heavy atom. The van der Waals surface area contributed by atoms with E-state index < -0.39 is 225 Å². The predicted octanol–water partition coefficient (Wildman–Crippen LogP) is -7.25. The van der Waals surface area contributed by atoms with Crippen LogP contribution in [0.15, 0.2) is 6.20 Å². The summed E-state index contributed by atoms with van der Waals surface area (Å²) in [6.07, 6.45) is -6.08. The van der Waals surface area contributed by atoms with Gasteiger partial charge < -0.3 is 135 Å². The third-order valence-electron chi connectivity index (χ3n) is 16.4. The monoisotopic (exact) mass is 1930 g/mol. The van der Waals surface area contributed by atoms with Crippen LogP contribution in [0, 0.1) is 47.3 Å². The van der Waals surface area contributed by atoms with Gasteiger partial charge in [0.05, 0.1) is 87.7 Å². The number of nitrogens with one attached hydrogen (secondary N) is 6. The van der Waals surface area contributed by atoms with Gasteiger partial charge in [-0.25, -0.2) is 12.6 Å². The molecule has 55 heteroatoms. The Morgan fingerprint density at radius 1 is 0.648 bits per heavy atom. The molecule has 1 aromatic rings. The molecule has 24 unspecified atom stereocenters. The second-order valence-electron chi connectivity index (χ2n) is 29.9. The molecule has 1 aromatic heterocycles. The van der Waals surface area contributed by atoms with E-state index in [1.54, 1.807) is 54.7 Å². The number of ether oxygens (including phenoxy) is 2. The van der Waals surface area contributed by atoms with Gasteiger partial charge in [-0.15, -0.1) is 5.10 Å². The molecule has 2 aliphatic rings.